The summed E-state index contributed by atoms with van der Waals surface area (Å²) >= 11 is 0. The number of benzene rings is 1. The Morgan fingerprint density at radius 3 is 2.40 bits per heavy atom. The van der Waals surface area contributed by atoms with E-state index in [4.69, 9.17) is 10.7 Å². The molecule has 3 unspecified atom stereocenters. The fourth-order valence-corrected chi connectivity index (χ4v) is 3.68. The van der Waals surface area contributed by atoms with Crippen LogP contribution in [0.4, 0.5) is 0 Å². The number of hydrogen-bond acceptors (Lipinski definition) is 3. The minimum atomic E-state index is 0.0114. The first-order valence-corrected chi connectivity index (χ1v) is 7.60. The van der Waals surface area contributed by atoms with E-state index in [1.807, 2.05) is 30.5 Å². The maximum absolute atomic E-state index is 6.48. The number of rotatable bonds is 2. The van der Waals surface area contributed by atoms with Crippen LogP contribution in [0.5, 0.6) is 0 Å². The number of fused-ring (bicyclic) bond motifs is 1. The van der Waals surface area contributed by atoms with Crippen LogP contribution in [-0.2, 0) is 0 Å². The zero-order valence-corrected chi connectivity index (χ0v) is 12.3. The molecule has 1 aromatic carbocycles. The standard InChI is InChI=1S/C17H23N3/c1-11-7-12(2)9-13(8-11)17(18)16-10-19-14-5-3-4-6-15(14)20-16/h3-6,10-13,17H,7-9,18H2,1-2H3. The van der Waals surface area contributed by atoms with Crippen LogP contribution in [0, 0.1) is 17.8 Å². The molecule has 1 fully saturated rings. The lowest BCUT2D eigenvalue weighted by molar-refractivity contribution is 0.192. The topological polar surface area (TPSA) is 51.8 Å². The van der Waals surface area contributed by atoms with Crippen LogP contribution >= 0.6 is 0 Å². The average Bonchev–Trinajstić information content (AvgIpc) is 2.45. The maximum Gasteiger partial charge on any atom is 0.0890 e. The minimum absolute atomic E-state index is 0.0114. The molecule has 1 saturated carbocycles. The SMILES string of the molecule is CC1CC(C)CC(C(N)c2cnc3ccccc3n2)C1. The van der Waals surface area contributed by atoms with Gasteiger partial charge in [0, 0.05) is 0 Å². The first-order chi connectivity index (χ1) is 9.63. The second kappa shape index (κ2) is 5.49. The highest BCUT2D eigenvalue weighted by atomic mass is 14.8. The minimum Gasteiger partial charge on any atom is -0.322 e. The van der Waals surface area contributed by atoms with Gasteiger partial charge in [0.25, 0.3) is 0 Å². The summed E-state index contributed by atoms with van der Waals surface area (Å²) in [6.45, 7) is 4.67. The summed E-state index contributed by atoms with van der Waals surface area (Å²) in [7, 11) is 0. The van der Waals surface area contributed by atoms with E-state index in [9.17, 15) is 0 Å². The Kier molecular flexibility index (Phi) is 3.70. The van der Waals surface area contributed by atoms with Gasteiger partial charge in [-0.1, -0.05) is 26.0 Å². The second-order valence-corrected chi connectivity index (χ2v) is 6.49. The molecule has 1 aromatic heterocycles. The first kappa shape index (κ1) is 13.5. The molecule has 0 bridgehead atoms. The van der Waals surface area contributed by atoms with Crippen LogP contribution in [0.3, 0.4) is 0 Å². The van der Waals surface area contributed by atoms with Gasteiger partial charge in [-0.15, -0.1) is 0 Å². The zero-order chi connectivity index (χ0) is 14.1. The van der Waals surface area contributed by atoms with Crippen molar-refractivity contribution in [3.8, 4) is 0 Å². The van der Waals surface area contributed by atoms with E-state index in [0.717, 1.165) is 28.6 Å². The molecule has 3 atom stereocenters. The average molecular weight is 269 g/mol. The van der Waals surface area contributed by atoms with Gasteiger partial charge in [-0.05, 0) is 49.1 Å². The van der Waals surface area contributed by atoms with Crippen molar-refractivity contribution in [2.45, 2.75) is 39.2 Å². The largest absolute Gasteiger partial charge is 0.322 e. The molecular formula is C17H23N3. The third-order valence-electron chi connectivity index (χ3n) is 4.53. The Bertz CT molecular complexity index is 586. The summed E-state index contributed by atoms with van der Waals surface area (Å²) in [6, 6.07) is 7.99. The first-order valence-electron chi connectivity index (χ1n) is 7.60. The quantitative estimate of drug-likeness (QED) is 0.904. The Labute approximate surface area is 120 Å². The van der Waals surface area contributed by atoms with Gasteiger partial charge >= 0.3 is 0 Å². The summed E-state index contributed by atoms with van der Waals surface area (Å²) in [5, 5.41) is 0. The van der Waals surface area contributed by atoms with Crippen molar-refractivity contribution >= 4 is 11.0 Å². The van der Waals surface area contributed by atoms with E-state index >= 15 is 0 Å². The molecule has 106 valence electrons. The van der Waals surface area contributed by atoms with Gasteiger partial charge in [-0.25, -0.2) is 4.98 Å². The summed E-state index contributed by atoms with van der Waals surface area (Å²) < 4.78 is 0. The van der Waals surface area contributed by atoms with Crippen LogP contribution < -0.4 is 5.73 Å². The van der Waals surface area contributed by atoms with Crippen molar-refractivity contribution in [1.29, 1.82) is 0 Å². The number of hydrogen-bond donors (Lipinski definition) is 1. The molecule has 3 heteroatoms. The predicted molar refractivity (Wildman–Crippen MR) is 82.1 cm³/mol. The predicted octanol–water partition coefficient (Wildman–Crippen LogP) is 3.70. The fourth-order valence-electron chi connectivity index (χ4n) is 3.68. The Morgan fingerprint density at radius 2 is 1.70 bits per heavy atom. The fraction of sp³-hybridized carbons (Fsp3) is 0.529. The van der Waals surface area contributed by atoms with Crippen molar-refractivity contribution in [3.05, 3.63) is 36.2 Å². The third kappa shape index (κ3) is 2.68. The van der Waals surface area contributed by atoms with E-state index in [0.29, 0.717) is 5.92 Å². The second-order valence-electron chi connectivity index (χ2n) is 6.49. The normalized spacial score (nSPS) is 28.4. The van der Waals surface area contributed by atoms with Crippen molar-refractivity contribution in [2.75, 3.05) is 0 Å². The Balaban J connectivity index is 1.86. The molecule has 0 radical (unpaired) electrons. The van der Waals surface area contributed by atoms with E-state index < -0.39 is 0 Å². The molecule has 2 aromatic rings. The van der Waals surface area contributed by atoms with Gasteiger partial charge in [0.1, 0.15) is 0 Å². The van der Waals surface area contributed by atoms with E-state index in [-0.39, 0.29) is 6.04 Å². The van der Waals surface area contributed by atoms with Crippen LogP contribution in [0.2, 0.25) is 0 Å². The molecule has 1 heterocycles. The van der Waals surface area contributed by atoms with Gasteiger partial charge in [0.2, 0.25) is 0 Å². The number of nitrogens with zero attached hydrogens (tertiary/aromatic N) is 2. The van der Waals surface area contributed by atoms with E-state index in [2.05, 4.69) is 18.8 Å². The highest BCUT2D eigenvalue weighted by Crippen LogP contribution is 2.38. The van der Waals surface area contributed by atoms with Crippen LogP contribution in [0.25, 0.3) is 11.0 Å². The van der Waals surface area contributed by atoms with Gasteiger partial charge in [0.15, 0.2) is 0 Å². The summed E-state index contributed by atoms with van der Waals surface area (Å²) in [5.41, 5.74) is 9.30. The number of para-hydroxylation sites is 2. The highest BCUT2D eigenvalue weighted by Gasteiger charge is 2.29. The lowest BCUT2D eigenvalue weighted by atomic mass is 9.73. The molecule has 0 saturated heterocycles. The maximum atomic E-state index is 6.48. The molecule has 0 spiro atoms. The monoisotopic (exact) mass is 269 g/mol. The van der Waals surface area contributed by atoms with Crippen LogP contribution in [0.1, 0.15) is 44.8 Å². The van der Waals surface area contributed by atoms with Crippen molar-refractivity contribution in [2.24, 2.45) is 23.5 Å². The highest BCUT2D eigenvalue weighted by molar-refractivity contribution is 5.73. The van der Waals surface area contributed by atoms with Gasteiger partial charge in [-0.2, -0.15) is 0 Å². The number of aromatic nitrogens is 2. The molecule has 1 aliphatic carbocycles. The summed E-state index contributed by atoms with van der Waals surface area (Å²) in [5.74, 6) is 2.07. The van der Waals surface area contributed by atoms with Crippen molar-refractivity contribution < 1.29 is 0 Å². The van der Waals surface area contributed by atoms with Crippen molar-refractivity contribution in [3.63, 3.8) is 0 Å². The Morgan fingerprint density at radius 1 is 1.05 bits per heavy atom. The molecule has 0 aliphatic heterocycles. The third-order valence-corrected chi connectivity index (χ3v) is 4.53. The molecule has 3 rings (SSSR count). The van der Waals surface area contributed by atoms with E-state index in [1.54, 1.807) is 0 Å². The van der Waals surface area contributed by atoms with Crippen molar-refractivity contribution in [1.82, 2.24) is 9.97 Å². The lowest BCUT2D eigenvalue weighted by Crippen LogP contribution is -2.30. The van der Waals surface area contributed by atoms with E-state index in [1.165, 1.54) is 19.3 Å². The van der Waals surface area contributed by atoms with Gasteiger partial charge in [0.05, 0.1) is 29.0 Å². The zero-order valence-electron chi connectivity index (χ0n) is 12.3. The lowest BCUT2D eigenvalue weighted by Gasteiger charge is -2.34. The number of nitrogens with two attached hydrogens (primary N) is 1. The summed E-state index contributed by atoms with van der Waals surface area (Å²) in [4.78, 5) is 9.21. The smallest absolute Gasteiger partial charge is 0.0890 e. The molecule has 2 N–H and O–H groups in total. The molecule has 3 nitrogen and oxygen atoms in total. The molecule has 20 heavy (non-hydrogen) atoms. The molecule has 0 amide bonds. The molecule has 1 aliphatic rings. The van der Waals surface area contributed by atoms with Gasteiger partial charge in [-0.3, -0.25) is 4.98 Å². The van der Waals surface area contributed by atoms with Crippen LogP contribution in [-0.4, -0.2) is 9.97 Å². The van der Waals surface area contributed by atoms with Gasteiger partial charge < -0.3 is 5.73 Å². The summed E-state index contributed by atoms with van der Waals surface area (Å²) in [6.07, 6.45) is 5.60. The van der Waals surface area contributed by atoms with Crippen LogP contribution in [0.15, 0.2) is 30.5 Å². The Hall–Kier alpha value is -1.48. The molecular weight excluding hydrogens is 246 g/mol.